The number of hydrogen-bond acceptors (Lipinski definition) is 4. The van der Waals surface area contributed by atoms with E-state index in [9.17, 15) is 4.79 Å². The first-order valence-corrected chi connectivity index (χ1v) is 6.71. The van der Waals surface area contributed by atoms with Gasteiger partial charge >= 0.3 is 0 Å². The molecule has 5 heteroatoms. The minimum atomic E-state index is -0.315. The van der Waals surface area contributed by atoms with Gasteiger partial charge in [-0.3, -0.25) is 9.78 Å². The molecule has 3 rings (SSSR count). The summed E-state index contributed by atoms with van der Waals surface area (Å²) >= 11 is 0. The zero-order chi connectivity index (χ0) is 15.2. The molecule has 1 aromatic heterocycles. The van der Waals surface area contributed by atoms with Crippen LogP contribution in [0.4, 0.5) is 5.69 Å². The van der Waals surface area contributed by atoms with Gasteiger partial charge in [0.05, 0.1) is 6.20 Å². The number of carbonyl (C=O) groups is 1. The lowest BCUT2D eigenvalue weighted by atomic mass is 10.3. The fourth-order valence-corrected chi connectivity index (χ4v) is 1.87. The molecule has 1 heterocycles. The predicted octanol–water partition coefficient (Wildman–Crippen LogP) is 3.52. The molecule has 5 nitrogen and oxygen atoms in total. The molecule has 0 saturated heterocycles. The van der Waals surface area contributed by atoms with Crippen LogP contribution < -0.4 is 10.1 Å². The van der Waals surface area contributed by atoms with Crippen LogP contribution in [0.5, 0.6) is 11.5 Å². The number of amides is 1. The Hall–Kier alpha value is -3.21. The summed E-state index contributed by atoms with van der Waals surface area (Å²) in [5, 5.41) is 2.76. The number of para-hydroxylation sites is 1. The summed E-state index contributed by atoms with van der Waals surface area (Å²) in [4.78, 5) is 19.9. The van der Waals surface area contributed by atoms with Crippen LogP contribution >= 0.6 is 0 Å². The molecule has 0 fully saturated rings. The number of benzene rings is 2. The van der Waals surface area contributed by atoms with Gasteiger partial charge in [-0.05, 0) is 24.3 Å². The molecule has 0 bridgehead atoms. The number of nitrogens with zero attached hydrogens (tertiary/aromatic N) is 2. The topological polar surface area (TPSA) is 64.1 Å². The minimum absolute atomic E-state index is 0.261. The molecule has 0 radical (unpaired) electrons. The van der Waals surface area contributed by atoms with Gasteiger partial charge in [0, 0.05) is 24.1 Å². The predicted molar refractivity (Wildman–Crippen MR) is 82.9 cm³/mol. The van der Waals surface area contributed by atoms with Gasteiger partial charge in [-0.1, -0.05) is 24.3 Å². The molecule has 1 amide bonds. The van der Waals surface area contributed by atoms with E-state index in [-0.39, 0.29) is 11.6 Å². The molecular formula is C17H13N3O2. The summed E-state index contributed by atoms with van der Waals surface area (Å²) in [6.45, 7) is 0. The van der Waals surface area contributed by atoms with Crippen LogP contribution in [-0.4, -0.2) is 15.9 Å². The highest BCUT2D eigenvalue weighted by Crippen LogP contribution is 2.23. The van der Waals surface area contributed by atoms with Gasteiger partial charge in [-0.2, -0.15) is 0 Å². The molecule has 0 aliphatic carbocycles. The van der Waals surface area contributed by atoms with Gasteiger partial charge in [0.15, 0.2) is 0 Å². The fourth-order valence-electron chi connectivity index (χ4n) is 1.87. The molecule has 108 valence electrons. The minimum Gasteiger partial charge on any atom is -0.457 e. The molecular weight excluding hydrogens is 278 g/mol. The lowest BCUT2D eigenvalue weighted by Gasteiger charge is -2.08. The molecule has 0 aliphatic heterocycles. The Morgan fingerprint density at radius 3 is 2.55 bits per heavy atom. The third-order valence-corrected chi connectivity index (χ3v) is 2.87. The zero-order valence-electron chi connectivity index (χ0n) is 11.6. The SMILES string of the molecule is O=C(Nc1cccc(Oc2ccccc2)c1)c1cnccn1. The normalized spacial score (nSPS) is 10.0. The van der Waals surface area contributed by atoms with Crippen molar-refractivity contribution in [3.05, 3.63) is 78.9 Å². The second kappa shape index (κ2) is 6.49. The first kappa shape index (κ1) is 13.8. The number of anilines is 1. The lowest BCUT2D eigenvalue weighted by Crippen LogP contribution is -2.13. The van der Waals surface area contributed by atoms with E-state index in [0.717, 1.165) is 5.75 Å². The summed E-state index contributed by atoms with van der Waals surface area (Å²) in [7, 11) is 0. The Kier molecular flexibility index (Phi) is 4.06. The fraction of sp³-hybridized carbons (Fsp3) is 0. The maximum absolute atomic E-state index is 12.0. The van der Waals surface area contributed by atoms with E-state index < -0.39 is 0 Å². The Bertz CT molecular complexity index is 761. The number of carbonyl (C=O) groups excluding carboxylic acids is 1. The molecule has 0 aliphatic rings. The Morgan fingerprint density at radius 1 is 0.955 bits per heavy atom. The second-order valence-electron chi connectivity index (χ2n) is 4.49. The average Bonchev–Trinajstić information content (AvgIpc) is 2.57. The highest BCUT2D eigenvalue weighted by Gasteiger charge is 2.08. The van der Waals surface area contributed by atoms with E-state index in [1.165, 1.54) is 18.6 Å². The van der Waals surface area contributed by atoms with Crippen LogP contribution in [0.15, 0.2) is 73.2 Å². The molecule has 22 heavy (non-hydrogen) atoms. The van der Waals surface area contributed by atoms with Crippen LogP contribution in [0.25, 0.3) is 0 Å². The van der Waals surface area contributed by atoms with Crippen molar-refractivity contribution in [2.45, 2.75) is 0 Å². The van der Waals surface area contributed by atoms with E-state index >= 15 is 0 Å². The highest BCUT2D eigenvalue weighted by molar-refractivity contribution is 6.02. The summed E-state index contributed by atoms with van der Waals surface area (Å²) in [6, 6.07) is 16.6. The molecule has 0 unspecified atom stereocenters. The second-order valence-corrected chi connectivity index (χ2v) is 4.49. The first-order valence-electron chi connectivity index (χ1n) is 6.71. The van der Waals surface area contributed by atoms with Crippen LogP contribution in [0.3, 0.4) is 0 Å². The maximum Gasteiger partial charge on any atom is 0.275 e. The van der Waals surface area contributed by atoms with Crippen LogP contribution in [0.1, 0.15) is 10.5 Å². The Balaban J connectivity index is 1.73. The van der Waals surface area contributed by atoms with Gasteiger partial charge in [0.2, 0.25) is 0 Å². The van der Waals surface area contributed by atoms with Crippen molar-refractivity contribution in [1.82, 2.24) is 9.97 Å². The van der Waals surface area contributed by atoms with Crippen LogP contribution in [0, 0.1) is 0 Å². The number of aromatic nitrogens is 2. The van der Waals surface area contributed by atoms with Crippen molar-refractivity contribution in [3.63, 3.8) is 0 Å². The van der Waals surface area contributed by atoms with Crippen molar-refractivity contribution < 1.29 is 9.53 Å². The van der Waals surface area contributed by atoms with Crippen molar-refractivity contribution in [2.24, 2.45) is 0 Å². The van der Waals surface area contributed by atoms with Crippen molar-refractivity contribution in [1.29, 1.82) is 0 Å². The summed E-state index contributed by atoms with van der Waals surface area (Å²) in [5.74, 6) is 1.06. The van der Waals surface area contributed by atoms with Gasteiger partial charge in [-0.25, -0.2) is 4.98 Å². The van der Waals surface area contributed by atoms with Crippen LogP contribution in [-0.2, 0) is 0 Å². The zero-order valence-corrected chi connectivity index (χ0v) is 11.6. The van der Waals surface area contributed by atoms with Gasteiger partial charge < -0.3 is 10.1 Å². The largest absolute Gasteiger partial charge is 0.457 e. The van der Waals surface area contributed by atoms with E-state index in [4.69, 9.17) is 4.74 Å². The van der Waals surface area contributed by atoms with Crippen molar-refractivity contribution in [3.8, 4) is 11.5 Å². The van der Waals surface area contributed by atoms with Crippen molar-refractivity contribution in [2.75, 3.05) is 5.32 Å². The highest BCUT2D eigenvalue weighted by atomic mass is 16.5. The van der Waals surface area contributed by atoms with E-state index in [1.54, 1.807) is 12.1 Å². The maximum atomic E-state index is 12.0. The molecule has 1 N–H and O–H groups in total. The third-order valence-electron chi connectivity index (χ3n) is 2.87. The van der Waals surface area contributed by atoms with Crippen LogP contribution in [0.2, 0.25) is 0 Å². The lowest BCUT2D eigenvalue weighted by molar-refractivity contribution is 0.102. The van der Waals surface area contributed by atoms with E-state index in [0.29, 0.717) is 11.4 Å². The van der Waals surface area contributed by atoms with E-state index in [1.807, 2.05) is 42.5 Å². The van der Waals surface area contributed by atoms with Gasteiger partial charge in [-0.15, -0.1) is 0 Å². The molecule has 0 saturated carbocycles. The summed E-state index contributed by atoms with van der Waals surface area (Å²) in [5.41, 5.74) is 0.890. The number of rotatable bonds is 4. The van der Waals surface area contributed by atoms with Gasteiger partial charge in [0.1, 0.15) is 17.2 Å². The number of hydrogen-bond donors (Lipinski definition) is 1. The molecule has 0 spiro atoms. The third kappa shape index (κ3) is 3.46. The average molecular weight is 291 g/mol. The molecule has 3 aromatic rings. The number of nitrogens with one attached hydrogen (secondary N) is 1. The summed E-state index contributed by atoms with van der Waals surface area (Å²) < 4.78 is 5.73. The first-order chi connectivity index (χ1) is 10.8. The van der Waals surface area contributed by atoms with E-state index in [2.05, 4.69) is 15.3 Å². The van der Waals surface area contributed by atoms with Gasteiger partial charge in [0.25, 0.3) is 5.91 Å². The monoisotopic (exact) mass is 291 g/mol. The Morgan fingerprint density at radius 2 is 1.77 bits per heavy atom. The quantitative estimate of drug-likeness (QED) is 0.798. The molecule has 0 atom stereocenters. The van der Waals surface area contributed by atoms with Crippen molar-refractivity contribution >= 4 is 11.6 Å². The standard InChI is InChI=1S/C17H13N3O2/c21-17(16-12-18-9-10-19-16)20-13-5-4-8-15(11-13)22-14-6-2-1-3-7-14/h1-12H,(H,20,21). The molecule has 2 aromatic carbocycles. The Labute approximate surface area is 127 Å². The summed E-state index contributed by atoms with van der Waals surface area (Å²) in [6.07, 6.45) is 4.41. The smallest absolute Gasteiger partial charge is 0.275 e. The number of ether oxygens (including phenoxy) is 1.